The van der Waals surface area contributed by atoms with Crippen molar-refractivity contribution in [2.75, 3.05) is 18.3 Å². The molecule has 0 aliphatic carbocycles. The number of hydrogen-bond acceptors (Lipinski definition) is 8. The standard InChI is InChI=1S/C19H25F3N2O6S/c1-17(2,3)29-15(26)24(16(27)30-18(4,5)6)11-9-10(19(20,21)22)13(31-8)23-12(11)14(25)28-7/h9H,1-8H3. The summed E-state index contributed by atoms with van der Waals surface area (Å²) in [7, 11) is 0.982. The van der Waals surface area contributed by atoms with Crippen LogP contribution in [0.4, 0.5) is 28.4 Å². The number of carbonyl (C=O) groups excluding carboxylic acids is 3. The van der Waals surface area contributed by atoms with Crippen molar-refractivity contribution in [3.63, 3.8) is 0 Å². The van der Waals surface area contributed by atoms with Gasteiger partial charge in [-0.25, -0.2) is 19.4 Å². The van der Waals surface area contributed by atoms with E-state index in [0.29, 0.717) is 17.8 Å². The largest absolute Gasteiger partial charge is 0.464 e. The molecule has 0 saturated carbocycles. The molecule has 0 saturated heterocycles. The number of nitrogens with zero attached hydrogens (tertiary/aromatic N) is 2. The van der Waals surface area contributed by atoms with E-state index < -0.39 is 57.5 Å². The Labute approximate surface area is 182 Å². The van der Waals surface area contributed by atoms with E-state index in [1.807, 2.05) is 0 Å². The summed E-state index contributed by atoms with van der Waals surface area (Å²) in [5.41, 5.74) is -4.93. The molecule has 31 heavy (non-hydrogen) atoms. The summed E-state index contributed by atoms with van der Waals surface area (Å²) < 4.78 is 55.8. The molecular weight excluding hydrogens is 441 g/mol. The zero-order valence-electron chi connectivity index (χ0n) is 18.5. The van der Waals surface area contributed by atoms with Gasteiger partial charge >= 0.3 is 24.3 Å². The lowest BCUT2D eigenvalue weighted by atomic mass is 10.2. The molecule has 8 nitrogen and oxygen atoms in total. The maximum absolute atomic E-state index is 13.6. The molecule has 0 fully saturated rings. The van der Waals surface area contributed by atoms with Crippen LogP contribution in [-0.2, 0) is 20.4 Å². The van der Waals surface area contributed by atoms with Gasteiger partial charge in [-0.3, -0.25) is 0 Å². The highest BCUT2D eigenvalue weighted by molar-refractivity contribution is 7.98. The second kappa shape index (κ2) is 9.33. The predicted molar refractivity (Wildman–Crippen MR) is 107 cm³/mol. The maximum atomic E-state index is 13.6. The summed E-state index contributed by atoms with van der Waals surface area (Å²) >= 11 is 0.632. The Morgan fingerprint density at radius 2 is 1.42 bits per heavy atom. The molecule has 0 aliphatic rings. The molecule has 1 aromatic heterocycles. The monoisotopic (exact) mass is 466 g/mol. The van der Waals surface area contributed by atoms with E-state index in [9.17, 15) is 27.6 Å². The van der Waals surface area contributed by atoms with Crippen molar-refractivity contribution in [1.82, 2.24) is 4.98 Å². The molecule has 174 valence electrons. The number of esters is 1. The number of anilines is 1. The number of aromatic nitrogens is 1. The third-order valence-corrected chi connectivity index (χ3v) is 3.94. The lowest BCUT2D eigenvalue weighted by Gasteiger charge is -2.29. The summed E-state index contributed by atoms with van der Waals surface area (Å²) in [4.78, 5) is 41.8. The number of thioether (sulfide) groups is 1. The average molecular weight is 466 g/mol. The minimum atomic E-state index is -4.89. The highest BCUT2D eigenvalue weighted by Gasteiger charge is 2.41. The van der Waals surface area contributed by atoms with Crippen molar-refractivity contribution in [1.29, 1.82) is 0 Å². The maximum Gasteiger partial charge on any atom is 0.424 e. The topological polar surface area (TPSA) is 95.0 Å². The molecule has 0 radical (unpaired) electrons. The van der Waals surface area contributed by atoms with Crippen molar-refractivity contribution >= 4 is 35.6 Å². The second-order valence-corrected chi connectivity index (χ2v) is 8.99. The van der Waals surface area contributed by atoms with Gasteiger partial charge in [-0.05, 0) is 53.9 Å². The first-order valence-corrected chi connectivity index (χ1v) is 10.1. The van der Waals surface area contributed by atoms with Crippen LogP contribution in [0.2, 0.25) is 0 Å². The fraction of sp³-hybridized carbons (Fsp3) is 0.579. The van der Waals surface area contributed by atoms with Crippen LogP contribution in [0.15, 0.2) is 11.1 Å². The summed E-state index contributed by atoms with van der Waals surface area (Å²) in [6.45, 7) is 8.97. The summed E-state index contributed by atoms with van der Waals surface area (Å²) in [5, 5.41) is -0.537. The van der Waals surface area contributed by atoms with Gasteiger partial charge in [-0.2, -0.15) is 18.1 Å². The minimum Gasteiger partial charge on any atom is -0.464 e. The van der Waals surface area contributed by atoms with Crippen molar-refractivity contribution in [2.24, 2.45) is 0 Å². The van der Waals surface area contributed by atoms with E-state index in [1.165, 1.54) is 47.8 Å². The molecule has 1 aromatic rings. The molecular formula is C19H25F3N2O6S. The van der Waals surface area contributed by atoms with Crippen LogP contribution in [0, 0.1) is 0 Å². The van der Waals surface area contributed by atoms with Crippen molar-refractivity contribution in [3.05, 3.63) is 17.3 Å². The second-order valence-electron chi connectivity index (χ2n) is 8.20. The summed E-state index contributed by atoms with van der Waals surface area (Å²) in [6, 6.07) is 0.471. The summed E-state index contributed by atoms with van der Waals surface area (Å²) in [5.74, 6) is -1.16. The highest BCUT2D eigenvalue weighted by Crippen LogP contribution is 2.39. The Balaban J connectivity index is 3.87. The van der Waals surface area contributed by atoms with Crippen LogP contribution in [0.25, 0.3) is 0 Å². The highest BCUT2D eigenvalue weighted by atomic mass is 32.2. The third kappa shape index (κ3) is 7.30. The number of pyridine rings is 1. The molecule has 0 bridgehead atoms. The molecule has 0 unspecified atom stereocenters. The van der Waals surface area contributed by atoms with Gasteiger partial charge < -0.3 is 14.2 Å². The zero-order valence-corrected chi connectivity index (χ0v) is 19.3. The van der Waals surface area contributed by atoms with Gasteiger partial charge in [0.2, 0.25) is 0 Å². The molecule has 0 aromatic carbocycles. The van der Waals surface area contributed by atoms with Crippen LogP contribution < -0.4 is 4.90 Å². The zero-order chi connectivity index (χ0) is 24.4. The van der Waals surface area contributed by atoms with Crippen molar-refractivity contribution < 1.29 is 41.8 Å². The number of hydrogen-bond donors (Lipinski definition) is 0. The van der Waals surface area contributed by atoms with Gasteiger partial charge in [0.1, 0.15) is 16.2 Å². The van der Waals surface area contributed by atoms with E-state index >= 15 is 0 Å². The van der Waals surface area contributed by atoms with Crippen LogP contribution in [-0.4, -0.2) is 47.7 Å². The number of halogens is 3. The molecule has 1 heterocycles. The fourth-order valence-corrected chi connectivity index (χ4v) is 2.73. The van der Waals surface area contributed by atoms with E-state index in [1.54, 1.807) is 0 Å². The first-order valence-electron chi connectivity index (χ1n) is 8.92. The van der Waals surface area contributed by atoms with E-state index in [4.69, 9.17) is 9.47 Å². The van der Waals surface area contributed by atoms with E-state index in [2.05, 4.69) is 9.72 Å². The number of alkyl halides is 3. The molecule has 0 aliphatic heterocycles. The molecule has 0 N–H and O–H groups in total. The number of ether oxygens (including phenoxy) is 3. The number of rotatable bonds is 3. The molecule has 2 amide bonds. The average Bonchev–Trinajstić information content (AvgIpc) is 2.56. The number of methoxy groups -OCH3 is 1. The third-order valence-electron chi connectivity index (χ3n) is 3.24. The van der Waals surface area contributed by atoms with E-state index in [0.717, 1.165) is 7.11 Å². The van der Waals surface area contributed by atoms with Gasteiger partial charge in [-0.15, -0.1) is 11.8 Å². The molecule has 1 rings (SSSR count). The van der Waals surface area contributed by atoms with Crippen molar-refractivity contribution in [3.8, 4) is 0 Å². The number of carbonyl (C=O) groups is 3. The van der Waals surface area contributed by atoms with Crippen molar-refractivity contribution in [2.45, 2.75) is 63.9 Å². The van der Waals surface area contributed by atoms with Crippen LogP contribution in [0.3, 0.4) is 0 Å². The van der Waals surface area contributed by atoms with Gasteiger partial charge in [0, 0.05) is 0 Å². The number of amides is 2. The first-order chi connectivity index (χ1) is 13.9. The predicted octanol–water partition coefficient (Wildman–Crippen LogP) is 5.29. The normalized spacial score (nSPS) is 12.2. The van der Waals surface area contributed by atoms with Gasteiger partial charge in [-0.1, -0.05) is 0 Å². The number of imide groups is 1. The quantitative estimate of drug-likeness (QED) is 0.337. The SMILES string of the molecule is COC(=O)c1nc(SC)c(C(F)(F)F)cc1N(C(=O)OC(C)(C)C)C(=O)OC(C)(C)C. The Bertz CT molecular complexity index is 832. The van der Waals surface area contributed by atoms with Gasteiger partial charge in [0.15, 0.2) is 5.69 Å². The van der Waals surface area contributed by atoms with Gasteiger partial charge in [0.25, 0.3) is 0 Å². The molecule has 0 atom stereocenters. The van der Waals surface area contributed by atoms with Crippen LogP contribution in [0.1, 0.15) is 57.6 Å². The smallest absolute Gasteiger partial charge is 0.424 e. The fourth-order valence-electron chi connectivity index (χ4n) is 2.15. The summed E-state index contributed by atoms with van der Waals surface area (Å²) in [6.07, 6.45) is -6.25. The van der Waals surface area contributed by atoms with Crippen LogP contribution >= 0.6 is 11.8 Å². The molecule has 0 spiro atoms. The lowest BCUT2D eigenvalue weighted by Crippen LogP contribution is -2.44. The lowest BCUT2D eigenvalue weighted by molar-refractivity contribution is -0.140. The van der Waals surface area contributed by atoms with Crippen LogP contribution in [0.5, 0.6) is 0 Å². The van der Waals surface area contributed by atoms with Gasteiger partial charge in [0.05, 0.1) is 18.4 Å². The Morgan fingerprint density at radius 3 is 1.74 bits per heavy atom. The first kappa shape index (κ1) is 26.5. The molecule has 12 heteroatoms. The minimum absolute atomic E-state index is 0.203. The van der Waals surface area contributed by atoms with E-state index in [-0.39, 0.29) is 4.90 Å². The Kier molecular flexibility index (Phi) is 7.98. The Morgan fingerprint density at radius 1 is 0.968 bits per heavy atom. The Hall–Kier alpha value is -2.50.